The molecule has 14 heavy (non-hydrogen) atoms. The molecule has 0 aliphatic carbocycles. The molecule has 1 aromatic carbocycles. The highest BCUT2D eigenvalue weighted by atomic mass is 19.1. The second-order valence-electron chi connectivity index (χ2n) is 3.31. The zero-order chi connectivity index (χ0) is 10.6. The first-order valence-electron chi connectivity index (χ1n) is 4.76. The number of rotatable bonds is 4. The molecule has 0 bridgehead atoms. The maximum atomic E-state index is 13.6. The summed E-state index contributed by atoms with van der Waals surface area (Å²) < 4.78 is 18.5. The summed E-state index contributed by atoms with van der Waals surface area (Å²) in [4.78, 5) is 0. The molecule has 0 saturated carbocycles. The minimum Gasteiger partial charge on any atom is -0.494 e. The first kappa shape index (κ1) is 11.0. The van der Waals surface area contributed by atoms with Crippen LogP contribution in [0.2, 0.25) is 0 Å². The summed E-state index contributed by atoms with van der Waals surface area (Å²) in [5.74, 6) is -0.00953. The SMILES string of the molecule is CCC(N)Cc1cccc(OC)c1F. The average Bonchev–Trinajstić information content (AvgIpc) is 2.21. The molecule has 1 rings (SSSR count). The Morgan fingerprint density at radius 3 is 2.79 bits per heavy atom. The van der Waals surface area contributed by atoms with Crippen LogP contribution in [0.3, 0.4) is 0 Å². The lowest BCUT2D eigenvalue weighted by atomic mass is 10.0. The van der Waals surface area contributed by atoms with Crippen molar-refractivity contribution in [1.29, 1.82) is 0 Å². The molecule has 0 heterocycles. The molecule has 0 aliphatic rings. The van der Waals surface area contributed by atoms with E-state index in [1.807, 2.05) is 6.92 Å². The number of halogens is 1. The molecule has 3 heteroatoms. The quantitative estimate of drug-likeness (QED) is 0.802. The van der Waals surface area contributed by atoms with Crippen LogP contribution in [-0.2, 0) is 6.42 Å². The van der Waals surface area contributed by atoms with Gasteiger partial charge < -0.3 is 10.5 Å². The van der Waals surface area contributed by atoms with E-state index in [1.54, 1.807) is 18.2 Å². The van der Waals surface area contributed by atoms with Gasteiger partial charge in [0.05, 0.1) is 7.11 Å². The molecule has 2 nitrogen and oxygen atoms in total. The third-order valence-electron chi connectivity index (χ3n) is 2.27. The standard InChI is InChI=1S/C11H16FNO/c1-3-9(13)7-8-5-4-6-10(14-2)11(8)12/h4-6,9H,3,7,13H2,1-2H3. The highest BCUT2D eigenvalue weighted by Crippen LogP contribution is 2.20. The van der Waals surface area contributed by atoms with Crippen molar-refractivity contribution < 1.29 is 9.13 Å². The molecule has 0 fully saturated rings. The van der Waals surface area contributed by atoms with Crippen LogP contribution in [0, 0.1) is 5.82 Å². The van der Waals surface area contributed by atoms with E-state index in [-0.39, 0.29) is 17.6 Å². The Bertz CT molecular complexity index is 301. The number of nitrogens with two attached hydrogens (primary N) is 1. The van der Waals surface area contributed by atoms with Crippen molar-refractivity contribution in [3.8, 4) is 5.75 Å². The van der Waals surface area contributed by atoms with Crippen LogP contribution in [0.5, 0.6) is 5.75 Å². The van der Waals surface area contributed by atoms with Gasteiger partial charge >= 0.3 is 0 Å². The van der Waals surface area contributed by atoms with Crippen molar-refractivity contribution in [3.05, 3.63) is 29.6 Å². The summed E-state index contributed by atoms with van der Waals surface area (Å²) in [7, 11) is 1.46. The summed E-state index contributed by atoms with van der Waals surface area (Å²) in [6.07, 6.45) is 1.40. The largest absolute Gasteiger partial charge is 0.494 e. The Morgan fingerprint density at radius 2 is 2.21 bits per heavy atom. The van der Waals surface area contributed by atoms with E-state index in [2.05, 4.69) is 0 Å². The third kappa shape index (κ3) is 2.45. The van der Waals surface area contributed by atoms with Crippen molar-refractivity contribution >= 4 is 0 Å². The van der Waals surface area contributed by atoms with Crippen LogP contribution in [-0.4, -0.2) is 13.2 Å². The van der Waals surface area contributed by atoms with Gasteiger partial charge in [-0.25, -0.2) is 4.39 Å². The van der Waals surface area contributed by atoms with Gasteiger partial charge in [0.1, 0.15) is 0 Å². The van der Waals surface area contributed by atoms with Crippen LogP contribution in [0.4, 0.5) is 4.39 Å². The van der Waals surface area contributed by atoms with Gasteiger partial charge in [0, 0.05) is 6.04 Å². The second kappa shape index (κ2) is 4.96. The molecule has 1 atom stereocenters. The molecule has 0 aliphatic heterocycles. The van der Waals surface area contributed by atoms with Crippen molar-refractivity contribution in [2.45, 2.75) is 25.8 Å². The molecule has 0 saturated heterocycles. The minimum atomic E-state index is -0.293. The summed E-state index contributed by atoms with van der Waals surface area (Å²) in [6, 6.07) is 5.14. The fourth-order valence-electron chi connectivity index (χ4n) is 1.30. The Balaban J connectivity index is 2.86. The number of hydrogen-bond acceptors (Lipinski definition) is 2. The first-order chi connectivity index (χ1) is 6.69. The summed E-state index contributed by atoms with van der Waals surface area (Å²) >= 11 is 0. The van der Waals surface area contributed by atoms with Gasteiger partial charge in [0.15, 0.2) is 11.6 Å². The van der Waals surface area contributed by atoms with Gasteiger partial charge in [0.2, 0.25) is 0 Å². The van der Waals surface area contributed by atoms with E-state index >= 15 is 0 Å². The smallest absolute Gasteiger partial charge is 0.168 e. The number of benzene rings is 1. The maximum absolute atomic E-state index is 13.6. The third-order valence-corrected chi connectivity index (χ3v) is 2.27. The Kier molecular flexibility index (Phi) is 3.89. The van der Waals surface area contributed by atoms with E-state index < -0.39 is 0 Å². The Labute approximate surface area is 83.9 Å². The summed E-state index contributed by atoms with van der Waals surface area (Å²) in [5.41, 5.74) is 6.38. The number of methoxy groups -OCH3 is 1. The topological polar surface area (TPSA) is 35.2 Å². The molecule has 0 amide bonds. The van der Waals surface area contributed by atoms with Crippen molar-refractivity contribution in [2.75, 3.05) is 7.11 Å². The summed E-state index contributed by atoms with van der Waals surface area (Å²) in [6.45, 7) is 1.99. The molecule has 78 valence electrons. The van der Waals surface area contributed by atoms with Gasteiger partial charge in [-0.3, -0.25) is 0 Å². The second-order valence-corrected chi connectivity index (χ2v) is 3.31. The van der Waals surface area contributed by atoms with E-state index in [0.29, 0.717) is 12.0 Å². The molecular weight excluding hydrogens is 181 g/mol. The molecule has 1 unspecified atom stereocenters. The highest BCUT2D eigenvalue weighted by Gasteiger charge is 2.10. The average molecular weight is 197 g/mol. The lowest BCUT2D eigenvalue weighted by Gasteiger charge is -2.11. The van der Waals surface area contributed by atoms with E-state index in [1.165, 1.54) is 7.11 Å². The van der Waals surface area contributed by atoms with Crippen LogP contribution in [0.25, 0.3) is 0 Å². The van der Waals surface area contributed by atoms with E-state index in [9.17, 15) is 4.39 Å². The van der Waals surface area contributed by atoms with Gasteiger partial charge in [-0.2, -0.15) is 0 Å². The molecule has 1 aromatic rings. The number of ether oxygens (including phenoxy) is 1. The first-order valence-corrected chi connectivity index (χ1v) is 4.76. The molecule has 0 radical (unpaired) electrons. The lowest BCUT2D eigenvalue weighted by Crippen LogP contribution is -2.22. The Morgan fingerprint density at radius 1 is 1.50 bits per heavy atom. The zero-order valence-electron chi connectivity index (χ0n) is 8.59. The molecule has 2 N–H and O–H groups in total. The van der Waals surface area contributed by atoms with Crippen LogP contribution in [0.15, 0.2) is 18.2 Å². The predicted octanol–water partition coefficient (Wildman–Crippen LogP) is 2.11. The van der Waals surface area contributed by atoms with E-state index in [4.69, 9.17) is 10.5 Å². The van der Waals surface area contributed by atoms with Crippen LogP contribution < -0.4 is 10.5 Å². The van der Waals surface area contributed by atoms with Crippen molar-refractivity contribution in [2.24, 2.45) is 5.73 Å². The van der Waals surface area contributed by atoms with Crippen LogP contribution in [0.1, 0.15) is 18.9 Å². The Hall–Kier alpha value is -1.09. The monoisotopic (exact) mass is 197 g/mol. The molecule has 0 spiro atoms. The minimum absolute atomic E-state index is 0.0107. The highest BCUT2D eigenvalue weighted by molar-refractivity contribution is 5.31. The number of hydrogen-bond donors (Lipinski definition) is 1. The maximum Gasteiger partial charge on any atom is 0.168 e. The van der Waals surface area contributed by atoms with Gasteiger partial charge in [0.25, 0.3) is 0 Å². The van der Waals surface area contributed by atoms with Crippen molar-refractivity contribution in [3.63, 3.8) is 0 Å². The molecular formula is C11H16FNO. The van der Waals surface area contributed by atoms with Gasteiger partial charge in [-0.05, 0) is 24.5 Å². The fourth-order valence-corrected chi connectivity index (χ4v) is 1.30. The predicted molar refractivity (Wildman–Crippen MR) is 54.9 cm³/mol. The zero-order valence-corrected chi connectivity index (χ0v) is 8.59. The van der Waals surface area contributed by atoms with Crippen molar-refractivity contribution in [1.82, 2.24) is 0 Å². The fraction of sp³-hybridized carbons (Fsp3) is 0.455. The normalized spacial score (nSPS) is 12.6. The summed E-state index contributed by atoms with van der Waals surface area (Å²) in [5, 5.41) is 0. The van der Waals surface area contributed by atoms with Crippen LogP contribution >= 0.6 is 0 Å². The van der Waals surface area contributed by atoms with E-state index in [0.717, 1.165) is 6.42 Å². The molecule has 0 aromatic heterocycles. The van der Waals surface area contributed by atoms with Gasteiger partial charge in [-0.1, -0.05) is 19.1 Å². The van der Waals surface area contributed by atoms with Gasteiger partial charge in [-0.15, -0.1) is 0 Å². The lowest BCUT2D eigenvalue weighted by molar-refractivity contribution is 0.383.